The first-order valence-corrected chi connectivity index (χ1v) is 9.41. The summed E-state index contributed by atoms with van der Waals surface area (Å²) in [6, 6.07) is 6.92. The minimum atomic E-state index is -1.04. The van der Waals surface area contributed by atoms with Crippen LogP contribution in [0, 0.1) is 5.92 Å². The van der Waals surface area contributed by atoms with Crippen LogP contribution in [0.25, 0.3) is 5.69 Å². The number of benzene rings is 1. The number of hydrogen-bond donors (Lipinski definition) is 2. The predicted octanol–water partition coefficient (Wildman–Crippen LogP) is 0.461. The van der Waals surface area contributed by atoms with E-state index in [1.165, 1.54) is 0 Å². The Labute approximate surface area is 168 Å². The molecule has 1 aliphatic rings. The van der Waals surface area contributed by atoms with Crippen molar-refractivity contribution in [3.05, 3.63) is 36.7 Å². The number of aliphatic carboxylic acids is 1. The van der Waals surface area contributed by atoms with E-state index in [0.717, 1.165) is 18.8 Å². The lowest BCUT2D eigenvalue weighted by Gasteiger charge is -2.34. The molecule has 0 bridgehead atoms. The Morgan fingerprint density at radius 3 is 2.41 bits per heavy atom. The van der Waals surface area contributed by atoms with E-state index in [-0.39, 0.29) is 18.7 Å². The summed E-state index contributed by atoms with van der Waals surface area (Å²) in [5, 5.41) is 19.4. The number of carboxylic acids is 1. The van der Waals surface area contributed by atoms with E-state index in [4.69, 9.17) is 5.11 Å². The molecule has 3 rings (SSSR count). The highest BCUT2D eigenvalue weighted by Gasteiger charge is 2.32. The fraction of sp³-hybridized carbons (Fsp3) is 0.421. The number of carbonyl (C=O) groups is 3. The van der Waals surface area contributed by atoms with Gasteiger partial charge in [0.2, 0.25) is 11.8 Å². The number of likely N-dealkylation sites (N-methyl/N-ethyl adjacent to an activating group) is 1. The molecule has 0 unspecified atom stereocenters. The minimum Gasteiger partial charge on any atom is -0.481 e. The monoisotopic (exact) mass is 400 g/mol. The molecule has 10 heteroatoms. The number of rotatable bonds is 7. The van der Waals surface area contributed by atoms with E-state index in [1.807, 2.05) is 7.05 Å². The summed E-state index contributed by atoms with van der Waals surface area (Å²) < 4.78 is 1.58. The van der Waals surface area contributed by atoms with Crippen LogP contribution in [0.1, 0.15) is 12.8 Å². The highest BCUT2D eigenvalue weighted by Crippen LogP contribution is 2.18. The molecular formula is C19H24N6O4. The highest BCUT2D eigenvalue weighted by atomic mass is 16.4. The molecule has 0 spiro atoms. The Kier molecular flexibility index (Phi) is 6.55. The van der Waals surface area contributed by atoms with Gasteiger partial charge in [-0.3, -0.25) is 14.4 Å². The lowest BCUT2D eigenvalue weighted by atomic mass is 9.99. The van der Waals surface area contributed by atoms with Gasteiger partial charge in [-0.25, -0.2) is 4.68 Å². The highest BCUT2D eigenvalue weighted by molar-refractivity contribution is 6.06. The van der Waals surface area contributed by atoms with Crippen molar-refractivity contribution < 1.29 is 19.5 Å². The lowest BCUT2D eigenvalue weighted by Crippen LogP contribution is -2.50. The number of aromatic nitrogens is 3. The van der Waals surface area contributed by atoms with Crippen molar-refractivity contribution in [2.24, 2.45) is 5.92 Å². The number of nitrogens with one attached hydrogen (secondary N) is 1. The van der Waals surface area contributed by atoms with E-state index in [9.17, 15) is 14.4 Å². The first-order valence-electron chi connectivity index (χ1n) is 9.41. The van der Waals surface area contributed by atoms with E-state index in [1.54, 1.807) is 46.2 Å². The van der Waals surface area contributed by atoms with Gasteiger partial charge in [0, 0.05) is 38.3 Å². The first kappa shape index (κ1) is 20.5. The summed E-state index contributed by atoms with van der Waals surface area (Å²) in [6.07, 6.45) is 2.98. The molecule has 1 fully saturated rings. The van der Waals surface area contributed by atoms with Gasteiger partial charge in [0.1, 0.15) is 5.92 Å². The van der Waals surface area contributed by atoms with Gasteiger partial charge in [0.15, 0.2) is 0 Å². The van der Waals surface area contributed by atoms with Crippen molar-refractivity contribution in [2.75, 3.05) is 38.5 Å². The second-order valence-corrected chi connectivity index (χ2v) is 7.00. The number of carboxylic acid groups (broad SMARTS) is 1. The molecule has 29 heavy (non-hydrogen) atoms. The quantitative estimate of drug-likeness (QED) is 0.648. The maximum absolute atomic E-state index is 12.9. The Bertz CT molecular complexity index is 844. The molecule has 154 valence electrons. The molecule has 1 aromatic heterocycles. The molecule has 1 aliphatic heterocycles. The second-order valence-electron chi connectivity index (χ2n) is 7.00. The molecule has 2 N–H and O–H groups in total. The molecule has 0 saturated carbocycles. The standard InChI is InChI=1S/C19H24N6O4/c1-23-10-12-24(13-11-23)19(29)16(6-7-17(26)27)18(28)21-14-2-4-15(5-3-14)25-9-8-20-22-25/h2-5,8-9,16H,6-7,10-13H2,1H3,(H,21,28)(H,26,27)/t16-/m0/s1. The van der Waals surface area contributed by atoms with Crippen LogP contribution in [0.3, 0.4) is 0 Å². The predicted molar refractivity (Wildman–Crippen MR) is 104 cm³/mol. The van der Waals surface area contributed by atoms with E-state index < -0.39 is 17.8 Å². The smallest absolute Gasteiger partial charge is 0.303 e. The van der Waals surface area contributed by atoms with Crippen molar-refractivity contribution in [1.82, 2.24) is 24.8 Å². The summed E-state index contributed by atoms with van der Waals surface area (Å²) in [5.41, 5.74) is 1.29. The zero-order valence-corrected chi connectivity index (χ0v) is 16.2. The molecule has 1 atom stereocenters. The third-order valence-electron chi connectivity index (χ3n) is 4.90. The van der Waals surface area contributed by atoms with Crippen LogP contribution in [0.5, 0.6) is 0 Å². The van der Waals surface area contributed by atoms with Crippen LogP contribution in [0.15, 0.2) is 36.7 Å². The fourth-order valence-electron chi connectivity index (χ4n) is 3.15. The van der Waals surface area contributed by atoms with Crippen molar-refractivity contribution >= 4 is 23.5 Å². The maximum atomic E-state index is 12.9. The molecule has 1 saturated heterocycles. The van der Waals surface area contributed by atoms with Gasteiger partial charge in [-0.1, -0.05) is 5.21 Å². The van der Waals surface area contributed by atoms with Gasteiger partial charge >= 0.3 is 5.97 Å². The summed E-state index contributed by atoms with van der Waals surface area (Å²) in [7, 11) is 1.97. The largest absolute Gasteiger partial charge is 0.481 e. The zero-order valence-electron chi connectivity index (χ0n) is 16.2. The second kappa shape index (κ2) is 9.28. The van der Waals surface area contributed by atoms with E-state index in [0.29, 0.717) is 18.8 Å². The fourth-order valence-corrected chi connectivity index (χ4v) is 3.15. The Hall–Kier alpha value is -3.27. The molecular weight excluding hydrogens is 376 g/mol. The van der Waals surface area contributed by atoms with Gasteiger partial charge in [-0.15, -0.1) is 5.10 Å². The van der Waals surface area contributed by atoms with Crippen molar-refractivity contribution in [1.29, 1.82) is 0 Å². The Balaban J connectivity index is 1.68. The van der Waals surface area contributed by atoms with Gasteiger partial charge in [0.05, 0.1) is 18.1 Å². The maximum Gasteiger partial charge on any atom is 0.303 e. The third-order valence-corrected chi connectivity index (χ3v) is 4.90. The van der Waals surface area contributed by atoms with Crippen LogP contribution in [0.4, 0.5) is 5.69 Å². The normalized spacial score (nSPS) is 15.7. The molecule has 0 aliphatic carbocycles. The van der Waals surface area contributed by atoms with Gasteiger partial charge in [-0.05, 0) is 37.7 Å². The van der Waals surface area contributed by atoms with Crippen LogP contribution < -0.4 is 5.32 Å². The van der Waals surface area contributed by atoms with E-state index >= 15 is 0 Å². The number of hydrogen-bond acceptors (Lipinski definition) is 6. The summed E-state index contributed by atoms with van der Waals surface area (Å²) in [5.74, 6) is -2.89. The molecule has 2 aromatic rings. The van der Waals surface area contributed by atoms with Crippen LogP contribution in [-0.4, -0.2) is 80.9 Å². The number of amides is 2. The van der Waals surface area contributed by atoms with Crippen LogP contribution >= 0.6 is 0 Å². The average Bonchev–Trinajstić information content (AvgIpc) is 3.23. The van der Waals surface area contributed by atoms with Crippen LogP contribution in [-0.2, 0) is 14.4 Å². The minimum absolute atomic E-state index is 0.0383. The zero-order chi connectivity index (χ0) is 20.8. The van der Waals surface area contributed by atoms with Gasteiger partial charge in [0.25, 0.3) is 0 Å². The van der Waals surface area contributed by atoms with Crippen molar-refractivity contribution in [2.45, 2.75) is 12.8 Å². The SMILES string of the molecule is CN1CCN(C(=O)[C@@H](CCC(=O)O)C(=O)Nc2ccc(-n3ccnn3)cc2)CC1. The number of anilines is 1. The molecule has 2 heterocycles. The number of piperazine rings is 1. The molecule has 1 aromatic carbocycles. The average molecular weight is 400 g/mol. The van der Waals surface area contributed by atoms with Gasteiger partial charge < -0.3 is 20.2 Å². The van der Waals surface area contributed by atoms with Crippen molar-refractivity contribution in [3.63, 3.8) is 0 Å². The Morgan fingerprint density at radius 2 is 1.83 bits per heavy atom. The van der Waals surface area contributed by atoms with E-state index in [2.05, 4.69) is 20.5 Å². The molecule has 10 nitrogen and oxygen atoms in total. The summed E-state index contributed by atoms with van der Waals surface area (Å²) in [4.78, 5) is 40.4. The number of nitrogens with zero attached hydrogens (tertiary/aromatic N) is 5. The first-order chi connectivity index (χ1) is 13.9. The van der Waals surface area contributed by atoms with Gasteiger partial charge in [-0.2, -0.15) is 0 Å². The number of carbonyl (C=O) groups excluding carboxylic acids is 2. The topological polar surface area (TPSA) is 121 Å². The summed E-state index contributed by atoms with van der Waals surface area (Å²) >= 11 is 0. The van der Waals surface area contributed by atoms with Crippen molar-refractivity contribution in [3.8, 4) is 5.69 Å². The third kappa shape index (κ3) is 5.38. The molecule has 0 radical (unpaired) electrons. The Morgan fingerprint density at radius 1 is 1.14 bits per heavy atom. The lowest BCUT2D eigenvalue weighted by molar-refractivity contribution is -0.142. The summed E-state index contributed by atoms with van der Waals surface area (Å²) in [6.45, 7) is 2.50. The van der Waals surface area contributed by atoms with Crippen LogP contribution in [0.2, 0.25) is 0 Å². The molecule has 2 amide bonds.